The summed E-state index contributed by atoms with van der Waals surface area (Å²) < 4.78 is 7.46. The molecule has 5 heteroatoms. The van der Waals surface area contributed by atoms with Gasteiger partial charge in [-0.15, -0.1) is 0 Å². The maximum Gasteiger partial charge on any atom is 0.254 e. The van der Waals surface area contributed by atoms with Crippen LogP contribution in [-0.2, 0) is 11.8 Å². The molecule has 24 heavy (non-hydrogen) atoms. The zero-order valence-electron chi connectivity index (χ0n) is 15.0. The molecule has 0 aromatic carbocycles. The van der Waals surface area contributed by atoms with Gasteiger partial charge in [0, 0.05) is 50.0 Å². The molecule has 2 atom stereocenters. The molecule has 5 nitrogen and oxygen atoms in total. The van der Waals surface area contributed by atoms with Crippen molar-refractivity contribution in [2.75, 3.05) is 13.7 Å². The Morgan fingerprint density at radius 2 is 2.08 bits per heavy atom. The van der Waals surface area contributed by atoms with E-state index < -0.39 is 0 Å². The molecule has 2 fully saturated rings. The van der Waals surface area contributed by atoms with E-state index in [1.807, 2.05) is 18.9 Å². The van der Waals surface area contributed by atoms with Gasteiger partial charge in [-0.2, -0.15) is 0 Å². The van der Waals surface area contributed by atoms with Gasteiger partial charge >= 0.3 is 0 Å². The molecule has 3 rings (SSSR count). The number of aryl methyl sites for hydroxylation is 1. The summed E-state index contributed by atoms with van der Waals surface area (Å²) in [5.41, 5.74) is 0.437. The van der Waals surface area contributed by atoms with Gasteiger partial charge in [0.25, 0.3) is 11.5 Å². The van der Waals surface area contributed by atoms with E-state index >= 15 is 0 Å². The van der Waals surface area contributed by atoms with Gasteiger partial charge in [0.2, 0.25) is 0 Å². The van der Waals surface area contributed by atoms with Crippen molar-refractivity contribution in [3.8, 4) is 0 Å². The first-order valence-electron chi connectivity index (χ1n) is 9.05. The fourth-order valence-electron chi connectivity index (χ4n) is 4.60. The van der Waals surface area contributed by atoms with Crippen molar-refractivity contribution in [1.82, 2.24) is 9.47 Å². The van der Waals surface area contributed by atoms with Crippen molar-refractivity contribution in [3.63, 3.8) is 0 Å². The Labute approximate surface area is 143 Å². The Kier molecular flexibility index (Phi) is 4.81. The van der Waals surface area contributed by atoms with E-state index in [0.29, 0.717) is 5.56 Å². The number of carbonyl (C=O) groups is 1. The average Bonchev–Trinajstić information content (AvgIpc) is 2.60. The number of aromatic nitrogens is 1. The van der Waals surface area contributed by atoms with E-state index in [4.69, 9.17) is 4.74 Å². The lowest BCUT2D eigenvalue weighted by Gasteiger charge is -2.60. The fourth-order valence-corrected chi connectivity index (χ4v) is 4.60. The number of hydrogen-bond acceptors (Lipinski definition) is 3. The third-order valence-corrected chi connectivity index (χ3v) is 6.03. The Bertz CT molecular complexity index is 661. The molecule has 1 heterocycles. The minimum Gasteiger partial charge on any atom is -0.378 e. The van der Waals surface area contributed by atoms with Crippen LogP contribution in [0.1, 0.15) is 55.8 Å². The normalized spacial score (nSPS) is 25.3. The van der Waals surface area contributed by atoms with Crippen LogP contribution in [0.3, 0.4) is 0 Å². The molecule has 2 saturated carbocycles. The predicted octanol–water partition coefficient (Wildman–Crippen LogP) is 2.59. The summed E-state index contributed by atoms with van der Waals surface area (Å²) in [5.74, 6) is -0.0578. The van der Waals surface area contributed by atoms with E-state index in [-0.39, 0.29) is 29.0 Å². The molecule has 132 valence electrons. The first-order chi connectivity index (χ1) is 11.5. The Balaban J connectivity index is 1.80. The van der Waals surface area contributed by atoms with Crippen molar-refractivity contribution in [3.05, 3.63) is 34.2 Å². The highest BCUT2D eigenvalue weighted by atomic mass is 16.5. The quantitative estimate of drug-likeness (QED) is 0.851. The number of ether oxygens (including phenoxy) is 1. The van der Waals surface area contributed by atoms with Crippen molar-refractivity contribution < 1.29 is 9.53 Å². The molecule has 2 aliphatic rings. The molecule has 0 saturated heterocycles. The van der Waals surface area contributed by atoms with Gasteiger partial charge in [-0.05, 0) is 32.3 Å². The van der Waals surface area contributed by atoms with E-state index in [9.17, 15) is 9.59 Å². The first kappa shape index (κ1) is 17.2. The topological polar surface area (TPSA) is 51.5 Å². The zero-order chi connectivity index (χ0) is 17.3. The monoisotopic (exact) mass is 332 g/mol. The lowest BCUT2D eigenvalue weighted by atomic mass is 9.54. The lowest BCUT2D eigenvalue weighted by molar-refractivity contribution is -0.170. The van der Waals surface area contributed by atoms with Crippen LogP contribution in [0.15, 0.2) is 23.1 Å². The van der Waals surface area contributed by atoms with Crippen molar-refractivity contribution in [2.45, 2.75) is 57.6 Å². The van der Waals surface area contributed by atoms with Crippen LogP contribution in [0, 0.1) is 5.41 Å². The minimum absolute atomic E-state index is 0.0578. The average molecular weight is 332 g/mol. The molecule has 0 radical (unpaired) electrons. The van der Waals surface area contributed by atoms with Crippen LogP contribution >= 0.6 is 0 Å². The Hall–Kier alpha value is -1.62. The van der Waals surface area contributed by atoms with Crippen molar-refractivity contribution >= 4 is 5.91 Å². The number of rotatable bonds is 4. The van der Waals surface area contributed by atoms with E-state index in [2.05, 4.69) is 0 Å². The largest absolute Gasteiger partial charge is 0.378 e. The summed E-state index contributed by atoms with van der Waals surface area (Å²) in [6, 6.07) is 3.38. The van der Waals surface area contributed by atoms with Gasteiger partial charge in [0.05, 0.1) is 6.10 Å². The standard InChI is InChI=1S/C19H28N2O3/c1-4-24-16-13-15(19(16)9-6-5-7-10-19)21(3)18(23)14-8-11-20(2)17(22)12-14/h8,11-12,15-16H,4-7,9-10,13H2,1-3H3/t15-,16-/m1/s1. The van der Waals surface area contributed by atoms with Crippen LogP contribution in [0.2, 0.25) is 0 Å². The highest BCUT2D eigenvalue weighted by Crippen LogP contribution is 2.55. The maximum atomic E-state index is 12.9. The third kappa shape index (κ3) is 2.79. The van der Waals surface area contributed by atoms with Crippen molar-refractivity contribution in [1.29, 1.82) is 0 Å². The molecule has 0 N–H and O–H groups in total. The summed E-state index contributed by atoms with van der Waals surface area (Å²) in [5, 5.41) is 0. The number of carbonyl (C=O) groups excluding carboxylic acids is 1. The van der Waals surface area contributed by atoms with Gasteiger partial charge in [-0.1, -0.05) is 19.3 Å². The zero-order valence-corrected chi connectivity index (χ0v) is 15.0. The molecular weight excluding hydrogens is 304 g/mol. The van der Waals surface area contributed by atoms with Gasteiger partial charge in [-0.25, -0.2) is 0 Å². The smallest absolute Gasteiger partial charge is 0.254 e. The summed E-state index contributed by atoms with van der Waals surface area (Å²) in [7, 11) is 3.57. The third-order valence-electron chi connectivity index (χ3n) is 6.03. The number of amides is 1. The highest BCUT2D eigenvalue weighted by molar-refractivity contribution is 5.94. The molecule has 1 aromatic heterocycles. The summed E-state index contributed by atoms with van der Waals surface area (Å²) in [6.45, 7) is 2.77. The van der Waals surface area contributed by atoms with Crippen LogP contribution in [0.4, 0.5) is 0 Å². The molecule has 0 bridgehead atoms. The van der Waals surface area contributed by atoms with Crippen LogP contribution in [0.5, 0.6) is 0 Å². The predicted molar refractivity (Wildman–Crippen MR) is 93.1 cm³/mol. The van der Waals surface area contributed by atoms with Crippen molar-refractivity contribution in [2.24, 2.45) is 12.5 Å². The Morgan fingerprint density at radius 3 is 2.71 bits per heavy atom. The van der Waals surface area contributed by atoms with E-state index in [1.54, 1.807) is 19.3 Å². The molecule has 1 amide bonds. The molecule has 0 unspecified atom stereocenters. The molecule has 1 spiro atoms. The first-order valence-corrected chi connectivity index (χ1v) is 9.05. The van der Waals surface area contributed by atoms with Gasteiger partial charge in [0.1, 0.15) is 0 Å². The second-order valence-electron chi connectivity index (χ2n) is 7.27. The molecule has 2 aliphatic carbocycles. The van der Waals surface area contributed by atoms with Crippen LogP contribution in [0.25, 0.3) is 0 Å². The SMILES string of the molecule is CCO[C@@H]1C[C@@H](N(C)C(=O)c2ccn(C)c(=O)c2)C12CCCCC2. The van der Waals surface area contributed by atoms with Gasteiger partial charge in [0.15, 0.2) is 0 Å². The highest BCUT2D eigenvalue weighted by Gasteiger charge is 2.57. The minimum atomic E-state index is -0.151. The summed E-state index contributed by atoms with van der Waals surface area (Å²) in [6.07, 6.45) is 8.81. The number of nitrogens with zero attached hydrogens (tertiary/aromatic N) is 2. The second-order valence-corrected chi connectivity index (χ2v) is 7.27. The van der Waals surface area contributed by atoms with Gasteiger partial charge < -0.3 is 14.2 Å². The Morgan fingerprint density at radius 1 is 1.38 bits per heavy atom. The number of pyridine rings is 1. The summed E-state index contributed by atoms with van der Waals surface area (Å²) in [4.78, 5) is 26.6. The van der Waals surface area contributed by atoms with Crippen LogP contribution < -0.4 is 5.56 Å². The maximum absolute atomic E-state index is 12.9. The van der Waals surface area contributed by atoms with Crippen LogP contribution in [-0.4, -0.2) is 41.2 Å². The molecule has 0 aliphatic heterocycles. The lowest BCUT2D eigenvalue weighted by Crippen LogP contribution is -2.65. The molecule has 1 aromatic rings. The second kappa shape index (κ2) is 6.71. The molecular formula is C19H28N2O3. The summed E-state index contributed by atoms with van der Waals surface area (Å²) >= 11 is 0. The van der Waals surface area contributed by atoms with E-state index in [0.717, 1.165) is 25.9 Å². The fraction of sp³-hybridized carbons (Fsp3) is 0.684. The van der Waals surface area contributed by atoms with Gasteiger partial charge in [-0.3, -0.25) is 9.59 Å². The van der Waals surface area contributed by atoms with E-state index in [1.165, 1.54) is 29.9 Å². The number of hydrogen-bond donors (Lipinski definition) is 0.